The number of benzene rings is 1. The number of carbonyl (C=O) groups is 3. The van der Waals surface area contributed by atoms with Gasteiger partial charge in [0, 0.05) is 49.9 Å². The topological polar surface area (TPSA) is 96.2 Å². The lowest BCUT2D eigenvalue weighted by Gasteiger charge is -2.35. The van der Waals surface area contributed by atoms with Crippen LogP contribution in [0.4, 0.5) is 5.69 Å². The van der Waals surface area contributed by atoms with Crippen LogP contribution in [0.2, 0.25) is 0 Å². The number of fused-ring (bicyclic) bond motifs is 1. The number of hydrogen-bond donors (Lipinski definition) is 1. The Morgan fingerprint density at radius 2 is 1.88 bits per heavy atom. The molecule has 4 atom stereocenters. The van der Waals surface area contributed by atoms with Gasteiger partial charge in [0.25, 0.3) is 0 Å². The first-order valence-electron chi connectivity index (χ1n) is 12.0. The molecule has 8 heteroatoms. The molecule has 0 unspecified atom stereocenters. The number of likely N-dealkylation sites (N-methyl/N-ethyl adjacent to an activating group) is 1. The summed E-state index contributed by atoms with van der Waals surface area (Å²) in [5, 5.41) is 0. The van der Waals surface area contributed by atoms with E-state index >= 15 is 0 Å². The van der Waals surface area contributed by atoms with E-state index in [9.17, 15) is 14.4 Å². The SMILES string of the molecule is CC(C)C[C@H](C(=O)N1C[C@@H](C)[C@H]2OCC(=O)[C@H]21)c1cc(N2CCN(C)CC2)ccc1C(N)=O. The Hall–Kier alpha value is -2.45. The van der Waals surface area contributed by atoms with Crippen molar-refractivity contribution in [2.45, 2.75) is 45.3 Å². The van der Waals surface area contributed by atoms with Crippen molar-refractivity contribution in [1.82, 2.24) is 9.80 Å². The predicted octanol–water partition coefficient (Wildman–Crippen LogP) is 1.48. The molecule has 0 saturated carbocycles. The lowest BCUT2D eigenvalue weighted by Crippen LogP contribution is -2.45. The summed E-state index contributed by atoms with van der Waals surface area (Å²) < 4.78 is 5.69. The Morgan fingerprint density at radius 3 is 2.52 bits per heavy atom. The summed E-state index contributed by atoms with van der Waals surface area (Å²) in [6, 6.07) is 5.12. The smallest absolute Gasteiger partial charge is 0.249 e. The molecule has 3 saturated heterocycles. The molecular weight excluding hydrogens is 420 g/mol. The standard InChI is InChI=1S/C25H36N4O4/c1-15(2)11-20(25(32)29-13-16(3)23-22(29)21(30)14-33-23)19-12-17(5-6-18(19)24(26)31)28-9-7-27(4)8-10-28/h5-6,12,15-16,20,22-23H,7-11,13-14H2,1-4H3,(H2,26,31)/t16-,20+,22-,23-/m1/s1. The Bertz CT molecular complexity index is 925. The minimum atomic E-state index is -0.542. The van der Waals surface area contributed by atoms with Crippen LogP contribution in [-0.4, -0.2) is 85.9 Å². The number of ketones is 1. The van der Waals surface area contributed by atoms with Gasteiger partial charge in [-0.05, 0) is 43.1 Å². The van der Waals surface area contributed by atoms with Crippen LogP contribution in [0.15, 0.2) is 18.2 Å². The first kappa shape index (κ1) is 23.7. The maximum atomic E-state index is 14.0. The number of nitrogens with two attached hydrogens (primary N) is 1. The van der Waals surface area contributed by atoms with Crippen molar-refractivity contribution in [2.75, 3.05) is 51.3 Å². The zero-order valence-electron chi connectivity index (χ0n) is 20.1. The molecule has 2 N–H and O–H groups in total. The number of carbonyl (C=O) groups excluding carboxylic acids is 3. The molecule has 33 heavy (non-hydrogen) atoms. The third-order valence-corrected chi connectivity index (χ3v) is 7.27. The van der Waals surface area contributed by atoms with Gasteiger partial charge in [-0.25, -0.2) is 0 Å². The highest BCUT2D eigenvalue weighted by atomic mass is 16.5. The van der Waals surface area contributed by atoms with Crippen molar-refractivity contribution in [3.63, 3.8) is 0 Å². The summed E-state index contributed by atoms with van der Waals surface area (Å²) in [5.74, 6) is -0.915. The molecule has 0 bridgehead atoms. The number of nitrogens with zero attached hydrogens (tertiary/aromatic N) is 3. The van der Waals surface area contributed by atoms with Crippen molar-refractivity contribution in [3.05, 3.63) is 29.3 Å². The highest BCUT2D eigenvalue weighted by Gasteiger charge is 2.51. The molecular formula is C25H36N4O4. The third-order valence-electron chi connectivity index (χ3n) is 7.27. The van der Waals surface area contributed by atoms with E-state index in [4.69, 9.17) is 10.5 Å². The van der Waals surface area contributed by atoms with Gasteiger partial charge >= 0.3 is 0 Å². The summed E-state index contributed by atoms with van der Waals surface area (Å²) in [7, 11) is 2.11. The number of ether oxygens (including phenoxy) is 1. The minimum Gasteiger partial charge on any atom is -0.369 e. The lowest BCUT2D eigenvalue weighted by atomic mass is 9.85. The molecule has 0 aliphatic carbocycles. The maximum absolute atomic E-state index is 14.0. The van der Waals surface area contributed by atoms with Crippen molar-refractivity contribution in [3.8, 4) is 0 Å². The Balaban J connectivity index is 1.71. The summed E-state index contributed by atoms with van der Waals surface area (Å²) in [4.78, 5) is 45.2. The second kappa shape index (κ2) is 9.43. The normalized spacial score (nSPS) is 26.7. The fraction of sp³-hybridized carbons (Fsp3) is 0.640. The largest absolute Gasteiger partial charge is 0.369 e. The Labute approximate surface area is 196 Å². The van der Waals surface area contributed by atoms with Gasteiger partial charge in [0.05, 0.1) is 12.0 Å². The minimum absolute atomic E-state index is 0.0395. The van der Waals surface area contributed by atoms with Gasteiger partial charge in [0.15, 0.2) is 5.78 Å². The molecule has 3 fully saturated rings. The molecule has 2 amide bonds. The molecule has 3 aliphatic rings. The number of amides is 2. The summed E-state index contributed by atoms with van der Waals surface area (Å²) >= 11 is 0. The lowest BCUT2D eigenvalue weighted by molar-refractivity contribution is -0.138. The molecule has 180 valence electrons. The number of primary amides is 1. The molecule has 0 aromatic heterocycles. The monoisotopic (exact) mass is 456 g/mol. The maximum Gasteiger partial charge on any atom is 0.249 e. The zero-order chi connectivity index (χ0) is 23.9. The van der Waals surface area contributed by atoms with Crippen LogP contribution in [0.3, 0.4) is 0 Å². The van der Waals surface area contributed by atoms with Gasteiger partial charge in [0.2, 0.25) is 11.8 Å². The number of rotatable bonds is 6. The summed E-state index contributed by atoms with van der Waals surface area (Å²) in [5.41, 5.74) is 7.80. The second-order valence-corrected chi connectivity index (χ2v) is 10.3. The molecule has 0 radical (unpaired) electrons. The van der Waals surface area contributed by atoms with Crippen molar-refractivity contribution in [1.29, 1.82) is 0 Å². The van der Waals surface area contributed by atoms with Gasteiger partial charge < -0.3 is 25.2 Å². The van der Waals surface area contributed by atoms with E-state index in [0.29, 0.717) is 24.1 Å². The fourth-order valence-corrected chi connectivity index (χ4v) is 5.48. The number of hydrogen-bond acceptors (Lipinski definition) is 6. The molecule has 1 aromatic carbocycles. The summed E-state index contributed by atoms with van der Waals surface area (Å²) in [6.45, 7) is 10.4. The first-order chi connectivity index (χ1) is 15.7. The molecule has 3 aliphatic heterocycles. The van der Waals surface area contributed by atoms with E-state index < -0.39 is 17.9 Å². The van der Waals surface area contributed by atoms with Crippen LogP contribution in [0.5, 0.6) is 0 Å². The average molecular weight is 457 g/mol. The number of piperazine rings is 1. The van der Waals surface area contributed by atoms with Crippen LogP contribution in [0.1, 0.15) is 49.0 Å². The van der Waals surface area contributed by atoms with Gasteiger partial charge in [-0.2, -0.15) is 0 Å². The molecule has 4 rings (SSSR count). The number of anilines is 1. The van der Waals surface area contributed by atoms with Crippen molar-refractivity contribution >= 4 is 23.3 Å². The van der Waals surface area contributed by atoms with Crippen LogP contribution in [0, 0.1) is 11.8 Å². The molecule has 3 heterocycles. The highest BCUT2D eigenvalue weighted by molar-refractivity contribution is 5.99. The molecule has 8 nitrogen and oxygen atoms in total. The quantitative estimate of drug-likeness (QED) is 0.697. The Kier molecular flexibility index (Phi) is 6.77. The second-order valence-electron chi connectivity index (χ2n) is 10.3. The van der Waals surface area contributed by atoms with E-state index in [-0.39, 0.29) is 36.2 Å². The average Bonchev–Trinajstić information content (AvgIpc) is 3.32. The fourth-order valence-electron chi connectivity index (χ4n) is 5.48. The molecule has 0 spiro atoms. The highest BCUT2D eigenvalue weighted by Crippen LogP contribution is 2.37. The van der Waals surface area contributed by atoms with Crippen molar-refractivity contribution in [2.24, 2.45) is 17.6 Å². The number of Topliss-reactive ketones (excluding diaryl/α,β-unsaturated/α-hetero) is 1. The van der Waals surface area contributed by atoms with Gasteiger partial charge in [-0.1, -0.05) is 20.8 Å². The van der Waals surface area contributed by atoms with E-state index in [1.54, 1.807) is 11.0 Å². The van der Waals surface area contributed by atoms with Gasteiger partial charge in [-0.15, -0.1) is 0 Å². The van der Waals surface area contributed by atoms with E-state index in [1.807, 2.05) is 19.1 Å². The molecule has 1 aromatic rings. The Morgan fingerprint density at radius 1 is 1.18 bits per heavy atom. The van der Waals surface area contributed by atoms with Crippen LogP contribution in [-0.2, 0) is 14.3 Å². The number of likely N-dealkylation sites (tertiary alicyclic amines) is 1. The van der Waals surface area contributed by atoms with Crippen LogP contribution >= 0.6 is 0 Å². The first-order valence-corrected chi connectivity index (χ1v) is 12.0. The van der Waals surface area contributed by atoms with E-state index in [0.717, 1.165) is 31.9 Å². The van der Waals surface area contributed by atoms with E-state index in [1.165, 1.54) is 0 Å². The predicted molar refractivity (Wildman–Crippen MR) is 126 cm³/mol. The van der Waals surface area contributed by atoms with Gasteiger partial charge in [0.1, 0.15) is 12.6 Å². The van der Waals surface area contributed by atoms with Crippen molar-refractivity contribution < 1.29 is 19.1 Å². The van der Waals surface area contributed by atoms with E-state index in [2.05, 4.69) is 30.7 Å². The van der Waals surface area contributed by atoms with Crippen LogP contribution in [0.25, 0.3) is 0 Å². The van der Waals surface area contributed by atoms with Gasteiger partial charge in [-0.3, -0.25) is 14.4 Å². The third kappa shape index (κ3) is 4.64. The summed E-state index contributed by atoms with van der Waals surface area (Å²) in [6.07, 6.45) is 0.330. The van der Waals surface area contributed by atoms with Crippen LogP contribution < -0.4 is 10.6 Å². The zero-order valence-corrected chi connectivity index (χ0v) is 20.1.